The Morgan fingerprint density at radius 3 is 1.48 bits per heavy atom. The molecule has 2 aromatic carbocycles. The maximum absolute atomic E-state index is 5.90. The van der Waals surface area contributed by atoms with Crippen molar-refractivity contribution >= 4 is 24.0 Å². The molecule has 2 aromatic rings. The molecule has 3 nitrogen and oxygen atoms in total. The Bertz CT molecular complexity index is 536. The second-order valence-electron chi connectivity index (χ2n) is 5.85. The summed E-state index contributed by atoms with van der Waals surface area (Å²) in [7, 11) is 0. The molecule has 0 bridgehead atoms. The lowest BCUT2D eigenvalue weighted by Gasteiger charge is -2.21. The Balaban J connectivity index is 0.00000312. The smallest absolute Gasteiger partial charge is 0.119 e. The Morgan fingerprint density at radius 1 is 0.720 bits per heavy atom. The molecule has 0 spiro atoms. The van der Waals surface area contributed by atoms with E-state index in [2.05, 4.69) is 43.0 Å². The minimum atomic E-state index is 0. The Kier molecular flexibility index (Phi) is 10.4. The molecule has 0 aromatic heterocycles. The molecule has 0 radical (unpaired) electrons. The number of benzene rings is 2. The topological polar surface area (TPSA) is 21.7 Å². The van der Waals surface area contributed by atoms with Gasteiger partial charge in [-0.25, -0.2) is 0 Å². The predicted octanol–water partition coefficient (Wildman–Crippen LogP) is 4.72. The summed E-state index contributed by atoms with van der Waals surface area (Å²) in [6.07, 6.45) is 0. The first-order valence-electron chi connectivity index (χ1n) is 8.34. The van der Waals surface area contributed by atoms with Gasteiger partial charge in [-0.1, -0.05) is 35.4 Å². The normalized spacial score (nSPS) is 10.4. The number of nitrogens with zero attached hydrogens (tertiary/aromatic N) is 1. The maximum atomic E-state index is 5.90. The van der Waals surface area contributed by atoms with Gasteiger partial charge in [0.1, 0.15) is 24.7 Å². The molecule has 0 saturated heterocycles. The first-order valence-corrected chi connectivity index (χ1v) is 8.88. The zero-order valence-electron chi connectivity index (χ0n) is 14.9. The lowest BCUT2D eigenvalue weighted by atomic mass is 10.2. The van der Waals surface area contributed by atoms with Gasteiger partial charge in [-0.15, -0.1) is 24.0 Å². The zero-order valence-corrected chi connectivity index (χ0v) is 16.5. The standard InChI is InChI=1S/C20H26ClNO2.ClH/c1-17-3-7-19(8-4-17)23-15-13-22(12-11-21)14-16-24-20-9-5-18(2)6-10-20;/h3-10H,11-16H2,1-2H3;1H. The minimum Gasteiger partial charge on any atom is -0.492 e. The molecule has 0 aliphatic rings. The lowest BCUT2D eigenvalue weighted by molar-refractivity contribution is 0.183. The van der Waals surface area contributed by atoms with Gasteiger partial charge in [-0.2, -0.15) is 0 Å². The van der Waals surface area contributed by atoms with Crippen LogP contribution in [0.1, 0.15) is 11.1 Å². The van der Waals surface area contributed by atoms with E-state index in [0.717, 1.165) is 31.1 Å². The molecule has 0 saturated carbocycles. The molecular weight excluding hydrogens is 357 g/mol. The fourth-order valence-corrected chi connectivity index (χ4v) is 2.55. The summed E-state index contributed by atoms with van der Waals surface area (Å²) in [6.45, 7) is 7.92. The number of ether oxygens (including phenoxy) is 2. The van der Waals surface area contributed by atoms with E-state index in [1.165, 1.54) is 11.1 Å². The molecule has 0 N–H and O–H groups in total. The predicted molar refractivity (Wildman–Crippen MR) is 108 cm³/mol. The van der Waals surface area contributed by atoms with Crippen molar-refractivity contribution < 1.29 is 9.47 Å². The molecule has 0 amide bonds. The minimum absolute atomic E-state index is 0. The highest BCUT2D eigenvalue weighted by Crippen LogP contribution is 2.12. The van der Waals surface area contributed by atoms with E-state index in [9.17, 15) is 0 Å². The van der Waals surface area contributed by atoms with E-state index in [-0.39, 0.29) is 12.4 Å². The Hall–Kier alpha value is -1.42. The highest BCUT2D eigenvalue weighted by atomic mass is 35.5. The average Bonchev–Trinajstić information content (AvgIpc) is 2.58. The van der Waals surface area contributed by atoms with Crippen molar-refractivity contribution in [1.82, 2.24) is 4.90 Å². The Morgan fingerprint density at radius 2 is 1.12 bits per heavy atom. The second kappa shape index (κ2) is 12.0. The van der Waals surface area contributed by atoms with Crippen LogP contribution >= 0.6 is 24.0 Å². The first-order chi connectivity index (χ1) is 11.7. The van der Waals surface area contributed by atoms with Gasteiger partial charge in [0, 0.05) is 25.5 Å². The molecule has 0 atom stereocenters. The van der Waals surface area contributed by atoms with Crippen LogP contribution in [0, 0.1) is 13.8 Å². The van der Waals surface area contributed by atoms with E-state index >= 15 is 0 Å². The quantitative estimate of drug-likeness (QED) is 0.553. The van der Waals surface area contributed by atoms with Crippen molar-refractivity contribution in [1.29, 1.82) is 0 Å². The van der Waals surface area contributed by atoms with Crippen molar-refractivity contribution in [2.24, 2.45) is 0 Å². The lowest BCUT2D eigenvalue weighted by Crippen LogP contribution is -2.34. The molecular formula is C20H27Cl2NO2. The van der Waals surface area contributed by atoms with Crippen molar-refractivity contribution in [3.05, 3.63) is 59.7 Å². The summed E-state index contributed by atoms with van der Waals surface area (Å²) in [5.41, 5.74) is 2.47. The van der Waals surface area contributed by atoms with Crippen molar-refractivity contribution in [2.45, 2.75) is 13.8 Å². The third kappa shape index (κ3) is 8.48. The fraction of sp³-hybridized carbons (Fsp3) is 0.400. The summed E-state index contributed by atoms with van der Waals surface area (Å²) in [5, 5.41) is 0. The van der Waals surface area contributed by atoms with E-state index in [1.807, 2.05) is 24.3 Å². The van der Waals surface area contributed by atoms with Gasteiger partial charge in [0.25, 0.3) is 0 Å². The van der Waals surface area contributed by atoms with Gasteiger partial charge in [0.15, 0.2) is 0 Å². The highest BCUT2D eigenvalue weighted by molar-refractivity contribution is 6.18. The number of alkyl halides is 1. The van der Waals surface area contributed by atoms with Crippen molar-refractivity contribution in [2.75, 3.05) is 38.7 Å². The van der Waals surface area contributed by atoms with Gasteiger partial charge in [0.05, 0.1) is 0 Å². The molecule has 0 fully saturated rings. The zero-order chi connectivity index (χ0) is 17.2. The van der Waals surface area contributed by atoms with Gasteiger partial charge in [-0.05, 0) is 38.1 Å². The van der Waals surface area contributed by atoms with Crippen molar-refractivity contribution in [3.8, 4) is 11.5 Å². The number of rotatable bonds is 10. The molecule has 138 valence electrons. The van der Waals surface area contributed by atoms with Gasteiger partial charge < -0.3 is 9.47 Å². The third-order valence-electron chi connectivity index (χ3n) is 3.80. The summed E-state index contributed by atoms with van der Waals surface area (Å²) >= 11 is 5.90. The van der Waals surface area contributed by atoms with E-state index in [4.69, 9.17) is 21.1 Å². The largest absolute Gasteiger partial charge is 0.492 e. The van der Waals surface area contributed by atoms with Gasteiger partial charge in [0.2, 0.25) is 0 Å². The van der Waals surface area contributed by atoms with E-state index in [1.54, 1.807) is 0 Å². The van der Waals surface area contributed by atoms with Crippen LogP contribution in [-0.2, 0) is 0 Å². The maximum Gasteiger partial charge on any atom is 0.119 e. The summed E-state index contributed by atoms with van der Waals surface area (Å²) in [5.74, 6) is 2.42. The average molecular weight is 384 g/mol. The number of aryl methyl sites for hydroxylation is 2. The molecule has 0 aliphatic carbocycles. The van der Waals surface area contributed by atoms with Crippen LogP contribution in [0.15, 0.2) is 48.5 Å². The number of halogens is 2. The molecule has 0 heterocycles. The third-order valence-corrected chi connectivity index (χ3v) is 3.96. The molecule has 0 unspecified atom stereocenters. The second-order valence-corrected chi connectivity index (χ2v) is 6.23. The van der Waals surface area contributed by atoms with Crippen LogP contribution in [0.5, 0.6) is 11.5 Å². The fourth-order valence-electron chi connectivity index (χ4n) is 2.31. The monoisotopic (exact) mass is 383 g/mol. The van der Waals surface area contributed by atoms with Gasteiger partial charge >= 0.3 is 0 Å². The van der Waals surface area contributed by atoms with E-state index < -0.39 is 0 Å². The molecule has 5 heteroatoms. The van der Waals surface area contributed by atoms with Crippen LogP contribution in [-0.4, -0.2) is 43.6 Å². The van der Waals surface area contributed by atoms with Crippen LogP contribution in [0.3, 0.4) is 0 Å². The molecule has 2 rings (SSSR count). The Labute approximate surface area is 162 Å². The summed E-state index contributed by atoms with van der Waals surface area (Å²) in [6, 6.07) is 16.2. The SMILES string of the molecule is Cc1ccc(OCCN(CCCl)CCOc2ccc(C)cc2)cc1.Cl. The van der Waals surface area contributed by atoms with Crippen LogP contribution in [0.4, 0.5) is 0 Å². The first kappa shape index (κ1) is 21.6. The number of hydrogen-bond donors (Lipinski definition) is 0. The number of hydrogen-bond acceptors (Lipinski definition) is 3. The van der Waals surface area contributed by atoms with E-state index in [0.29, 0.717) is 19.1 Å². The van der Waals surface area contributed by atoms with Crippen molar-refractivity contribution in [3.63, 3.8) is 0 Å². The molecule has 25 heavy (non-hydrogen) atoms. The van der Waals surface area contributed by atoms with Crippen LogP contribution < -0.4 is 9.47 Å². The van der Waals surface area contributed by atoms with Crippen LogP contribution in [0.2, 0.25) is 0 Å². The summed E-state index contributed by atoms with van der Waals surface area (Å²) < 4.78 is 11.6. The van der Waals surface area contributed by atoms with Crippen LogP contribution in [0.25, 0.3) is 0 Å². The molecule has 0 aliphatic heterocycles. The van der Waals surface area contributed by atoms with Gasteiger partial charge in [-0.3, -0.25) is 4.90 Å². The highest BCUT2D eigenvalue weighted by Gasteiger charge is 2.05. The summed E-state index contributed by atoms with van der Waals surface area (Å²) in [4.78, 5) is 2.26.